The van der Waals surface area contributed by atoms with Gasteiger partial charge in [0.25, 0.3) is 11.6 Å². The molecule has 4 fully saturated rings. The summed E-state index contributed by atoms with van der Waals surface area (Å²) in [4.78, 5) is 27.3. The number of nitro benzene ring substituents is 1. The van der Waals surface area contributed by atoms with E-state index in [0.29, 0.717) is 10.7 Å². The van der Waals surface area contributed by atoms with Crippen LogP contribution in [0, 0.1) is 38.7 Å². The molecule has 4 bridgehead atoms. The molecule has 158 valence electrons. The number of nitro groups is 1. The molecule has 1 N–H and O–H groups in total. The van der Waals surface area contributed by atoms with Crippen molar-refractivity contribution in [2.24, 2.45) is 33.3 Å². The number of carbonyl (C=O) groups is 1. The van der Waals surface area contributed by atoms with E-state index >= 15 is 0 Å². The van der Waals surface area contributed by atoms with Crippen molar-refractivity contribution in [1.82, 2.24) is 5.01 Å². The Morgan fingerprint density at radius 1 is 1.13 bits per heavy atom. The molecular weight excluding hydrogens is 414 g/mol. The molecule has 1 amide bonds. The van der Waals surface area contributed by atoms with E-state index in [0.717, 1.165) is 22.8 Å². The number of nitrogens with one attached hydrogen (secondary N) is 1. The second-order valence-corrected chi connectivity index (χ2v) is 10.4. The zero-order valence-corrected chi connectivity index (χ0v) is 17.6. The molecule has 0 unspecified atom stereocenters. The standard InChI is InChI=1S/C22H21N5O3S/c23-18-17(8-12-1-3-16(4-2-12)27(29)30)19(28)24-21-26(18)25-20(31-21)22-9-13-5-14(10-22)7-15(6-13)11-22/h1-4,8,13-15,23H,5-7,9-11H2/b17-8-,23-18?. The van der Waals surface area contributed by atoms with Gasteiger partial charge in [-0.15, -0.1) is 0 Å². The van der Waals surface area contributed by atoms with Crippen LogP contribution < -0.4 is 0 Å². The minimum absolute atomic E-state index is 0.0144. The molecule has 0 saturated heterocycles. The predicted molar refractivity (Wildman–Crippen MR) is 119 cm³/mol. The molecule has 4 saturated carbocycles. The fourth-order valence-corrected chi connectivity index (χ4v) is 7.55. The highest BCUT2D eigenvalue weighted by atomic mass is 32.2. The van der Waals surface area contributed by atoms with Crippen molar-refractivity contribution in [2.75, 3.05) is 0 Å². The van der Waals surface area contributed by atoms with Crippen molar-refractivity contribution in [3.63, 3.8) is 0 Å². The number of hydrogen-bond acceptors (Lipinski definition) is 6. The number of nitrogens with zero attached hydrogens (tertiary/aromatic N) is 4. The van der Waals surface area contributed by atoms with Crippen LogP contribution in [0.2, 0.25) is 0 Å². The molecule has 0 spiro atoms. The van der Waals surface area contributed by atoms with Crippen LogP contribution in [-0.2, 0) is 4.79 Å². The van der Waals surface area contributed by atoms with Crippen LogP contribution in [0.4, 0.5) is 5.69 Å². The number of non-ortho nitro benzene ring substituents is 1. The molecule has 2 heterocycles. The molecule has 9 heteroatoms. The Morgan fingerprint density at radius 3 is 2.32 bits per heavy atom. The Kier molecular flexibility index (Phi) is 4.02. The van der Waals surface area contributed by atoms with Crippen LogP contribution in [0.5, 0.6) is 0 Å². The van der Waals surface area contributed by atoms with Gasteiger partial charge in [0.15, 0.2) is 5.84 Å². The maximum atomic E-state index is 12.7. The van der Waals surface area contributed by atoms with Crippen molar-refractivity contribution in [3.8, 4) is 0 Å². The van der Waals surface area contributed by atoms with Gasteiger partial charge in [0.05, 0.1) is 10.5 Å². The molecule has 2 aliphatic heterocycles. The smallest absolute Gasteiger partial charge is 0.282 e. The number of rotatable bonds is 3. The maximum absolute atomic E-state index is 12.7. The number of carbonyl (C=O) groups excluding carboxylic acids is 1. The zero-order chi connectivity index (χ0) is 21.3. The number of benzene rings is 1. The fraction of sp³-hybridized carbons (Fsp3) is 0.455. The first-order valence-electron chi connectivity index (χ1n) is 10.7. The molecule has 6 aliphatic rings. The number of fused-ring (bicyclic) bond motifs is 1. The zero-order valence-electron chi connectivity index (χ0n) is 16.8. The molecule has 4 aliphatic carbocycles. The summed E-state index contributed by atoms with van der Waals surface area (Å²) in [6.07, 6.45) is 9.09. The summed E-state index contributed by atoms with van der Waals surface area (Å²) in [5, 5.41) is 27.3. The lowest BCUT2D eigenvalue weighted by atomic mass is 9.50. The lowest BCUT2D eigenvalue weighted by molar-refractivity contribution is -0.384. The van der Waals surface area contributed by atoms with Gasteiger partial charge < -0.3 is 0 Å². The third-order valence-electron chi connectivity index (χ3n) is 7.36. The lowest BCUT2D eigenvalue weighted by Crippen LogP contribution is -2.49. The summed E-state index contributed by atoms with van der Waals surface area (Å²) in [6.45, 7) is 0. The molecule has 0 atom stereocenters. The summed E-state index contributed by atoms with van der Waals surface area (Å²) in [6, 6.07) is 5.89. The largest absolute Gasteiger partial charge is 0.283 e. The van der Waals surface area contributed by atoms with Crippen molar-refractivity contribution in [1.29, 1.82) is 5.41 Å². The lowest BCUT2D eigenvalue weighted by Gasteiger charge is -2.56. The van der Waals surface area contributed by atoms with Crippen molar-refractivity contribution in [3.05, 3.63) is 45.5 Å². The number of hydrogen-bond donors (Lipinski definition) is 1. The first kappa shape index (κ1) is 18.9. The Balaban J connectivity index is 1.30. The number of amides is 1. The van der Waals surface area contributed by atoms with E-state index in [4.69, 9.17) is 10.5 Å². The third kappa shape index (κ3) is 2.97. The Bertz CT molecular complexity index is 1090. The van der Waals surface area contributed by atoms with Crippen LogP contribution in [0.1, 0.15) is 44.1 Å². The van der Waals surface area contributed by atoms with Gasteiger partial charge in [0.1, 0.15) is 5.04 Å². The molecule has 31 heavy (non-hydrogen) atoms. The first-order valence-corrected chi connectivity index (χ1v) is 11.5. The van der Waals surface area contributed by atoms with Crippen LogP contribution in [0.15, 0.2) is 39.9 Å². The summed E-state index contributed by atoms with van der Waals surface area (Å²) in [5.41, 5.74) is 0.821. The van der Waals surface area contributed by atoms with Gasteiger partial charge in [-0.25, -0.2) is 0 Å². The number of aliphatic imine (C=N–C) groups is 1. The first-order chi connectivity index (χ1) is 14.9. The van der Waals surface area contributed by atoms with Crippen LogP contribution >= 0.6 is 11.8 Å². The highest BCUT2D eigenvalue weighted by Gasteiger charge is 2.55. The Morgan fingerprint density at radius 2 is 1.74 bits per heavy atom. The van der Waals surface area contributed by atoms with Gasteiger partial charge in [-0.1, -0.05) is 0 Å². The van der Waals surface area contributed by atoms with E-state index in [-0.39, 0.29) is 22.5 Å². The molecule has 1 aromatic rings. The van der Waals surface area contributed by atoms with Gasteiger partial charge in [-0.3, -0.25) is 20.3 Å². The summed E-state index contributed by atoms with van der Waals surface area (Å²) in [5.74, 6) is 1.90. The van der Waals surface area contributed by atoms with E-state index in [9.17, 15) is 14.9 Å². The number of thioether (sulfide) groups is 1. The second kappa shape index (κ2) is 6.59. The monoisotopic (exact) mass is 435 g/mol. The molecule has 8 nitrogen and oxygen atoms in total. The molecule has 0 radical (unpaired) electrons. The Labute approximate surface area is 183 Å². The van der Waals surface area contributed by atoms with Crippen LogP contribution in [-0.4, -0.2) is 31.9 Å². The third-order valence-corrected chi connectivity index (χ3v) is 8.52. The molecule has 0 aromatic heterocycles. The Hall–Kier alpha value is -2.81. The highest BCUT2D eigenvalue weighted by molar-refractivity contribution is 8.27. The van der Waals surface area contributed by atoms with E-state index < -0.39 is 10.8 Å². The van der Waals surface area contributed by atoms with Crippen LogP contribution in [0.3, 0.4) is 0 Å². The predicted octanol–water partition coefficient (Wildman–Crippen LogP) is 4.43. The molecule has 1 aromatic carbocycles. The van der Waals surface area contributed by atoms with E-state index in [1.54, 1.807) is 18.2 Å². The average molecular weight is 436 g/mol. The van der Waals surface area contributed by atoms with Crippen LogP contribution in [0.25, 0.3) is 6.08 Å². The quantitative estimate of drug-likeness (QED) is 0.429. The highest BCUT2D eigenvalue weighted by Crippen LogP contribution is 2.62. The van der Waals surface area contributed by atoms with Crippen molar-refractivity contribution >= 4 is 45.5 Å². The average Bonchev–Trinajstić information content (AvgIpc) is 3.15. The van der Waals surface area contributed by atoms with Gasteiger partial charge in [0, 0.05) is 17.5 Å². The van der Waals surface area contributed by atoms with E-state index in [1.807, 2.05) is 0 Å². The molecular formula is C22H21N5O3S. The summed E-state index contributed by atoms with van der Waals surface area (Å²) >= 11 is 1.47. The van der Waals surface area contributed by atoms with Gasteiger partial charge in [0.2, 0.25) is 5.17 Å². The summed E-state index contributed by atoms with van der Waals surface area (Å²) < 4.78 is 0. The minimum Gasteiger partial charge on any atom is -0.282 e. The van der Waals surface area contributed by atoms with Crippen molar-refractivity contribution < 1.29 is 9.72 Å². The van der Waals surface area contributed by atoms with Crippen molar-refractivity contribution in [2.45, 2.75) is 38.5 Å². The topological polar surface area (TPSA) is 112 Å². The fourth-order valence-electron chi connectivity index (χ4n) is 6.44. The molecule has 7 rings (SSSR count). The van der Waals surface area contributed by atoms with Gasteiger partial charge in [-0.2, -0.15) is 15.1 Å². The SMILES string of the molecule is N=C1/C(=C/c2ccc([N+](=O)[O-])cc2)C(=O)N=C2SC(C34CC5CC(CC(C5)C3)C4)=NN12. The van der Waals surface area contributed by atoms with Gasteiger partial charge >= 0.3 is 0 Å². The minimum atomic E-state index is -0.469. The normalized spacial score (nSPS) is 34.8. The van der Waals surface area contributed by atoms with Gasteiger partial charge in [-0.05, 0) is 91.8 Å². The van der Waals surface area contributed by atoms with E-state index in [1.165, 1.54) is 67.4 Å². The summed E-state index contributed by atoms with van der Waals surface area (Å²) in [7, 11) is 0. The number of hydrazone groups is 1. The second-order valence-electron chi connectivity index (χ2n) is 9.47. The maximum Gasteiger partial charge on any atom is 0.283 e. The van der Waals surface area contributed by atoms with E-state index in [2.05, 4.69) is 4.99 Å². The number of amidine groups is 2.